The first-order chi connectivity index (χ1) is 10.2. The predicted molar refractivity (Wildman–Crippen MR) is 72.2 cm³/mol. The summed E-state index contributed by atoms with van der Waals surface area (Å²) in [6.07, 6.45) is 3.10. The topological polar surface area (TPSA) is 47.3 Å². The van der Waals surface area contributed by atoms with E-state index in [0.717, 1.165) is 25.1 Å². The van der Waals surface area contributed by atoms with Gasteiger partial charge in [-0.1, -0.05) is 11.6 Å². The van der Waals surface area contributed by atoms with Crippen molar-refractivity contribution in [1.82, 2.24) is 10.3 Å². The molecular formula is C14H13ClF2N2O2. The summed E-state index contributed by atoms with van der Waals surface area (Å²) in [5, 5.41) is 2.81. The second-order valence-electron chi connectivity index (χ2n) is 4.83. The van der Waals surface area contributed by atoms with Gasteiger partial charge >= 0.3 is 0 Å². The van der Waals surface area contributed by atoms with Crippen LogP contribution in [-0.4, -0.2) is 18.1 Å². The van der Waals surface area contributed by atoms with Crippen LogP contribution in [0.5, 0.6) is 5.75 Å². The van der Waals surface area contributed by atoms with Gasteiger partial charge in [0.05, 0.1) is 6.20 Å². The molecule has 4 nitrogen and oxygen atoms in total. The molecule has 0 saturated carbocycles. The Balaban J connectivity index is 1.93. The van der Waals surface area contributed by atoms with Gasteiger partial charge in [-0.3, -0.25) is 0 Å². The number of oxazole rings is 1. The fourth-order valence-corrected chi connectivity index (χ4v) is 2.60. The number of aromatic nitrogens is 1. The summed E-state index contributed by atoms with van der Waals surface area (Å²) in [7, 11) is 0. The van der Waals surface area contributed by atoms with E-state index < -0.39 is 17.7 Å². The van der Waals surface area contributed by atoms with E-state index >= 15 is 0 Å². The highest BCUT2D eigenvalue weighted by Crippen LogP contribution is 2.37. The van der Waals surface area contributed by atoms with E-state index in [-0.39, 0.29) is 16.7 Å². The molecule has 2 aromatic rings. The lowest BCUT2D eigenvalue weighted by molar-refractivity contribution is 0.109. The highest BCUT2D eigenvalue weighted by molar-refractivity contribution is 6.32. The molecule has 112 valence electrons. The Kier molecular flexibility index (Phi) is 4.07. The van der Waals surface area contributed by atoms with Gasteiger partial charge in [0, 0.05) is 12.5 Å². The van der Waals surface area contributed by atoms with Crippen LogP contribution in [0.15, 0.2) is 29.0 Å². The van der Waals surface area contributed by atoms with Crippen molar-refractivity contribution in [2.45, 2.75) is 12.5 Å². The van der Waals surface area contributed by atoms with E-state index in [1.165, 1.54) is 12.5 Å². The van der Waals surface area contributed by atoms with E-state index in [1.54, 1.807) is 0 Å². The van der Waals surface area contributed by atoms with Crippen molar-refractivity contribution in [1.29, 1.82) is 0 Å². The van der Waals surface area contributed by atoms with E-state index in [9.17, 15) is 8.78 Å². The Morgan fingerprint density at radius 3 is 2.86 bits per heavy atom. The van der Waals surface area contributed by atoms with Crippen LogP contribution in [0.4, 0.5) is 8.78 Å². The Hall–Kier alpha value is -1.66. The van der Waals surface area contributed by atoms with Gasteiger partial charge in [-0.15, -0.1) is 0 Å². The molecule has 0 amide bonds. The molecule has 1 fully saturated rings. The molecule has 0 aliphatic carbocycles. The van der Waals surface area contributed by atoms with Crippen molar-refractivity contribution in [3.8, 4) is 5.75 Å². The number of nitrogens with zero attached hydrogens (tertiary/aromatic N) is 1. The summed E-state index contributed by atoms with van der Waals surface area (Å²) in [5.41, 5.74) is 0. The van der Waals surface area contributed by atoms with E-state index in [4.69, 9.17) is 20.8 Å². The maximum atomic E-state index is 13.9. The monoisotopic (exact) mass is 314 g/mol. The maximum Gasteiger partial charge on any atom is 0.235 e. The van der Waals surface area contributed by atoms with E-state index in [1.807, 2.05) is 0 Å². The van der Waals surface area contributed by atoms with Crippen molar-refractivity contribution in [3.05, 3.63) is 47.1 Å². The van der Waals surface area contributed by atoms with Gasteiger partial charge in [0.15, 0.2) is 17.7 Å². The van der Waals surface area contributed by atoms with Gasteiger partial charge in [0.25, 0.3) is 0 Å². The maximum absolute atomic E-state index is 13.9. The summed E-state index contributed by atoms with van der Waals surface area (Å²) in [6.45, 7) is 1.51. The molecular weight excluding hydrogens is 302 g/mol. The number of benzene rings is 1. The van der Waals surface area contributed by atoms with Crippen LogP contribution >= 0.6 is 11.6 Å². The molecule has 1 aliphatic rings. The van der Waals surface area contributed by atoms with Crippen LogP contribution in [0.2, 0.25) is 5.02 Å². The molecule has 0 unspecified atom stereocenters. The van der Waals surface area contributed by atoms with Crippen molar-refractivity contribution in [2.75, 3.05) is 13.1 Å². The number of hydrogen-bond donors (Lipinski definition) is 1. The minimum Gasteiger partial charge on any atom is -0.476 e. The quantitative estimate of drug-likeness (QED) is 0.879. The first-order valence-electron chi connectivity index (χ1n) is 6.57. The Morgan fingerprint density at radius 1 is 1.38 bits per heavy atom. The summed E-state index contributed by atoms with van der Waals surface area (Å²) in [5.74, 6) is -1.40. The van der Waals surface area contributed by atoms with Crippen LogP contribution in [0, 0.1) is 17.6 Å². The van der Waals surface area contributed by atoms with Crippen LogP contribution in [-0.2, 0) is 0 Å². The summed E-state index contributed by atoms with van der Waals surface area (Å²) in [6, 6.07) is 1.94. The third-order valence-corrected chi connectivity index (χ3v) is 3.82. The fraction of sp³-hybridized carbons (Fsp3) is 0.357. The molecule has 2 atom stereocenters. The van der Waals surface area contributed by atoms with Crippen molar-refractivity contribution >= 4 is 11.6 Å². The second-order valence-corrected chi connectivity index (χ2v) is 5.21. The molecule has 1 aliphatic heterocycles. The van der Waals surface area contributed by atoms with E-state index in [0.29, 0.717) is 12.4 Å². The summed E-state index contributed by atoms with van der Waals surface area (Å²) < 4.78 is 38.3. The number of ether oxygens (including phenoxy) is 1. The third-order valence-electron chi connectivity index (χ3n) is 3.47. The van der Waals surface area contributed by atoms with Crippen molar-refractivity contribution in [3.63, 3.8) is 0 Å². The Labute approximate surface area is 125 Å². The summed E-state index contributed by atoms with van der Waals surface area (Å²) in [4.78, 5) is 4.06. The van der Waals surface area contributed by atoms with Crippen LogP contribution in [0.25, 0.3) is 0 Å². The SMILES string of the molecule is Fc1ccc(F)c(O[C@H](c2ncco2)[C@H]2CCNC2)c1Cl. The minimum atomic E-state index is -0.733. The Morgan fingerprint density at radius 2 is 2.19 bits per heavy atom. The number of halogens is 3. The standard InChI is InChI=1S/C14H13ClF2N2O2/c15-11-9(16)1-2-10(17)13(11)21-12(8-3-4-18-7-8)14-19-5-6-20-14/h1-2,5-6,8,12,18H,3-4,7H2/t8-,12-/m0/s1. The largest absolute Gasteiger partial charge is 0.476 e. The lowest BCUT2D eigenvalue weighted by atomic mass is 10.0. The van der Waals surface area contributed by atoms with Gasteiger partial charge < -0.3 is 14.5 Å². The summed E-state index contributed by atoms with van der Waals surface area (Å²) >= 11 is 5.80. The normalized spacial score (nSPS) is 19.7. The zero-order valence-electron chi connectivity index (χ0n) is 11.0. The average Bonchev–Trinajstić information content (AvgIpc) is 3.16. The molecule has 1 aromatic carbocycles. The van der Waals surface area contributed by atoms with Crippen LogP contribution < -0.4 is 10.1 Å². The van der Waals surface area contributed by atoms with Crippen molar-refractivity contribution < 1.29 is 17.9 Å². The molecule has 1 saturated heterocycles. The molecule has 1 N–H and O–H groups in total. The van der Waals surface area contributed by atoms with Gasteiger partial charge in [0.2, 0.25) is 5.89 Å². The van der Waals surface area contributed by atoms with Gasteiger partial charge in [-0.05, 0) is 25.1 Å². The molecule has 0 spiro atoms. The molecule has 21 heavy (non-hydrogen) atoms. The number of hydrogen-bond acceptors (Lipinski definition) is 4. The lowest BCUT2D eigenvalue weighted by Gasteiger charge is -2.22. The van der Waals surface area contributed by atoms with E-state index in [2.05, 4.69) is 10.3 Å². The minimum absolute atomic E-state index is 0.0439. The van der Waals surface area contributed by atoms with Crippen LogP contribution in [0.1, 0.15) is 18.4 Å². The van der Waals surface area contributed by atoms with Crippen LogP contribution in [0.3, 0.4) is 0 Å². The lowest BCUT2D eigenvalue weighted by Crippen LogP contribution is -2.22. The number of rotatable bonds is 4. The number of nitrogens with one attached hydrogen (secondary N) is 1. The third kappa shape index (κ3) is 2.87. The molecule has 0 bridgehead atoms. The zero-order valence-corrected chi connectivity index (χ0v) is 11.7. The highest BCUT2D eigenvalue weighted by Gasteiger charge is 2.33. The predicted octanol–water partition coefficient (Wildman–Crippen LogP) is 3.34. The second kappa shape index (κ2) is 5.99. The van der Waals surface area contributed by atoms with Gasteiger partial charge in [-0.2, -0.15) is 0 Å². The molecule has 2 heterocycles. The smallest absolute Gasteiger partial charge is 0.235 e. The zero-order chi connectivity index (χ0) is 14.8. The molecule has 0 radical (unpaired) electrons. The first-order valence-corrected chi connectivity index (χ1v) is 6.95. The Bertz CT molecular complexity index is 616. The van der Waals surface area contributed by atoms with Crippen molar-refractivity contribution in [2.24, 2.45) is 5.92 Å². The molecule has 3 rings (SSSR count). The molecule has 7 heteroatoms. The highest BCUT2D eigenvalue weighted by atomic mass is 35.5. The first kappa shape index (κ1) is 14.3. The fourth-order valence-electron chi connectivity index (χ4n) is 2.40. The van der Waals surface area contributed by atoms with Gasteiger partial charge in [-0.25, -0.2) is 13.8 Å². The average molecular weight is 315 g/mol. The van der Waals surface area contributed by atoms with Gasteiger partial charge in [0.1, 0.15) is 17.1 Å². The molecule has 1 aromatic heterocycles.